The number of halogens is 1. The molecule has 29 heavy (non-hydrogen) atoms. The van der Waals surface area contributed by atoms with Crippen LogP contribution in [0.25, 0.3) is 6.08 Å². The summed E-state index contributed by atoms with van der Waals surface area (Å²) in [7, 11) is 1.56. The van der Waals surface area contributed by atoms with Gasteiger partial charge in [0.15, 0.2) is 17.3 Å². The molecule has 0 aromatic heterocycles. The fraction of sp³-hybridized carbons (Fsp3) is 0.190. The number of imide groups is 1. The Morgan fingerprint density at radius 3 is 2.59 bits per heavy atom. The molecule has 0 N–H and O–H groups in total. The van der Waals surface area contributed by atoms with E-state index in [1.165, 1.54) is 0 Å². The molecule has 1 saturated heterocycles. The topological polar surface area (TPSA) is 72.9 Å². The molecule has 0 unspecified atom stereocenters. The number of Topliss-reactive ketones (excluding diaryl/α,β-unsaturated/α-hetero) is 1. The van der Waals surface area contributed by atoms with E-state index in [-0.39, 0.29) is 17.2 Å². The maximum atomic E-state index is 12.7. The van der Waals surface area contributed by atoms with E-state index in [1.807, 2.05) is 13.0 Å². The molecule has 1 heterocycles. The van der Waals surface area contributed by atoms with Crippen LogP contribution in [0.15, 0.2) is 47.4 Å². The molecule has 0 bridgehead atoms. The monoisotopic (exact) mass is 523 g/mol. The highest BCUT2D eigenvalue weighted by molar-refractivity contribution is 14.1. The van der Waals surface area contributed by atoms with Crippen LogP contribution in [-0.4, -0.2) is 42.1 Å². The molecule has 1 aliphatic rings. The Kier molecular flexibility index (Phi) is 6.96. The molecule has 3 rings (SSSR count). The summed E-state index contributed by atoms with van der Waals surface area (Å²) < 4.78 is 11.8. The van der Waals surface area contributed by atoms with Gasteiger partial charge >= 0.3 is 0 Å². The van der Waals surface area contributed by atoms with Gasteiger partial charge < -0.3 is 9.47 Å². The normalized spacial score (nSPS) is 15.1. The zero-order chi connectivity index (χ0) is 21.0. The van der Waals surface area contributed by atoms with Gasteiger partial charge in [0.1, 0.15) is 0 Å². The van der Waals surface area contributed by atoms with Crippen molar-refractivity contribution in [1.29, 1.82) is 0 Å². The number of rotatable bonds is 7. The molecular formula is C21H18INO5S. The molecule has 2 amide bonds. The lowest BCUT2D eigenvalue weighted by Crippen LogP contribution is -2.33. The van der Waals surface area contributed by atoms with Crippen molar-refractivity contribution >= 4 is 57.4 Å². The summed E-state index contributed by atoms with van der Waals surface area (Å²) in [5.41, 5.74) is 1.17. The number of nitrogens with zero attached hydrogens (tertiary/aromatic N) is 1. The van der Waals surface area contributed by atoms with Crippen molar-refractivity contribution < 1.29 is 23.9 Å². The van der Waals surface area contributed by atoms with E-state index in [0.29, 0.717) is 29.2 Å². The first-order chi connectivity index (χ1) is 13.9. The quantitative estimate of drug-likeness (QED) is 0.300. The van der Waals surface area contributed by atoms with Crippen LogP contribution in [0, 0.1) is 3.57 Å². The fourth-order valence-corrected chi connectivity index (χ4v) is 4.46. The first-order valence-electron chi connectivity index (χ1n) is 8.78. The number of amides is 2. The minimum atomic E-state index is -0.479. The van der Waals surface area contributed by atoms with Crippen molar-refractivity contribution in [2.75, 3.05) is 20.3 Å². The zero-order valence-electron chi connectivity index (χ0n) is 15.8. The van der Waals surface area contributed by atoms with Gasteiger partial charge in [0, 0.05) is 5.56 Å². The summed E-state index contributed by atoms with van der Waals surface area (Å²) in [6, 6.07) is 12.2. The number of thioether (sulfide) groups is 1. The third-order valence-electron chi connectivity index (χ3n) is 4.10. The second kappa shape index (κ2) is 9.45. The minimum absolute atomic E-state index is 0.263. The first kappa shape index (κ1) is 21.4. The van der Waals surface area contributed by atoms with Crippen molar-refractivity contribution in [3.8, 4) is 11.5 Å². The van der Waals surface area contributed by atoms with Crippen LogP contribution in [-0.2, 0) is 4.79 Å². The standard InChI is InChI=1S/C21H18INO5S/c1-3-28-17-10-13(9-15(22)19(17)27-2)11-18-20(25)23(21(26)29-18)12-16(24)14-7-5-4-6-8-14/h4-11H,3,12H2,1-2H3/b18-11+. The number of hydrogen-bond acceptors (Lipinski definition) is 6. The van der Waals surface area contributed by atoms with E-state index in [1.54, 1.807) is 49.6 Å². The number of carbonyl (C=O) groups is 3. The Bertz CT molecular complexity index is 990. The Balaban J connectivity index is 1.84. The molecule has 1 fully saturated rings. The second-order valence-electron chi connectivity index (χ2n) is 6.02. The highest BCUT2D eigenvalue weighted by Gasteiger charge is 2.36. The van der Waals surface area contributed by atoms with Gasteiger partial charge in [-0.2, -0.15) is 0 Å². The van der Waals surface area contributed by atoms with Crippen LogP contribution < -0.4 is 9.47 Å². The third-order valence-corrected chi connectivity index (χ3v) is 5.81. The van der Waals surface area contributed by atoms with Crippen LogP contribution >= 0.6 is 34.4 Å². The van der Waals surface area contributed by atoms with Crippen LogP contribution in [0.4, 0.5) is 4.79 Å². The Morgan fingerprint density at radius 1 is 1.21 bits per heavy atom. The number of hydrogen-bond donors (Lipinski definition) is 0. The summed E-state index contributed by atoms with van der Waals surface area (Å²) in [6.07, 6.45) is 1.63. The molecule has 0 aliphatic carbocycles. The van der Waals surface area contributed by atoms with Gasteiger partial charge in [-0.05, 0) is 65.0 Å². The van der Waals surface area contributed by atoms with Gasteiger partial charge in [-0.1, -0.05) is 30.3 Å². The van der Waals surface area contributed by atoms with Crippen LogP contribution in [0.1, 0.15) is 22.8 Å². The van der Waals surface area contributed by atoms with E-state index < -0.39 is 11.1 Å². The molecule has 0 atom stereocenters. The molecule has 150 valence electrons. The fourth-order valence-electron chi connectivity index (χ4n) is 2.78. The van der Waals surface area contributed by atoms with Crippen molar-refractivity contribution in [1.82, 2.24) is 4.90 Å². The second-order valence-corrected chi connectivity index (χ2v) is 8.18. The lowest BCUT2D eigenvalue weighted by molar-refractivity contribution is -0.122. The average molecular weight is 523 g/mol. The highest BCUT2D eigenvalue weighted by Crippen LogP contribution is 2.37. The first-order valence-corrected chi connectivity index (χ1v) is 10.7. The Hall–Kier alpha value is -2.33. The van der Waals surface area contributed by atoms with Gasteiger partial charge in [0.25, 0.3) is 11.1 Å². The smallest absolute Gasteiger partial charge is 0.293 e. The van der Waals surface area contributed by atoms with E-state index in [0.717, 1.165) is 20.2 Å². The third kappa shape index (κ3) is 4.81. The molecule has 1 aliphatic heterocycles. The van der Waals surface area contributed by atoms with E-state index in [2.05, 4.69) is 22.6 Å². The number of carbonyl (C=O) groups excluding carboxylic acids is 3. The summed E-state index contributed by atoms with van der Waals surface area (Å²) in [5, 5.41) is -0.459. The Morgan fingerprint density at radius 2 is 1.93 bits per heavy atom. The zero-order valence-corrected chi connectivity index (χ0v) is 18.8. The molecule has 0 spiro atoms. The van der Waals surface area contributed by atoms with Crippen molar-refractivity contribution in [2.24, 2.45) is 0 Å². The number of benzene rings is 2. The molecule has 0 saturated carbocycles. The lowest BCUT2D eigenvalue weighted by atomic mass is 10.1. The Labute approximate surface area is 186 Å². The van der Waals surface area contributed by atoms with Gasteiger partial charge in [0.05, 0.1) is 28.7 Å². The van der Waals surface area contributed by atoms with Crippen molar-refractivity contribution in [2.45, 2.75) is 6.92 Å². The number of ketones is 1. The summed E-state index contributed by atoms with van der Waals surface area (Å²) in [4.78, 5) is 38.7. The highest BCUT2D eigenvalue weighted by atomic mass is 127. The van der Waals surface area contributed by atoms with E-state index in [9.17, 15) is 14.4 Å². The van der Waals surface area contributed by atoms with Crippen LogP contribution in [0.5, 0.6) is 11.5 Å². The van der Waals surface area contributed by atoms with Gasteiger partial charge in [0.2, 0.25) is 0 Å². The molecule has 0 radical (unpaired) electrons. The minimum Gasteiger partial charge on any atom is -0.492 e. The number of ether oxygens (including phenoxy) is 2. The lowest BCUT2D eigenvalue weighted by Gasteiger charge is -2.12. The predicted octanol–water partition coefficient (Wildman–Crippen LogP) is 4.62. The summed E-state index contributed by atoms with van der Waals surface area (Å²) >= 11 is 2.95. The van der Waals surface area contributed by atoms with Gasteiger partial charge in [-0.3, -0.25) is 19.3 Å². The van der Waals surface area contributed by atoms with Crippen molar-refractivity contribution in [3.05, 3.63) is 62.1 Å². The van der Waals surface area contributed by atoms with Crippen LogP contribution in [0.3, 0.4) is 0 Å². The molecule has 2 aromatic rings. The summed E-state index contributed by atoms with van der Waals surface area (Å²) in [6.45, 7) is 2.05. The van der Waals surface area contributed by atoms with Crippen molar-refractivity contribution in [3.63, 3.8) is 0 Å². The van der Waals surface area contributed by atoms with E-state index in [4.69, 9.17) is 9.47 Å². The maximum absolute atomic E-state index is 12.7. The van der Waals surface area contributed by atoms with Crippen LogP contribution in [0.2, 0.25) is 0 Å². The predicted molar refractivity (Wildman–Crippen MR) is 120 cm³/mol. The summed E-state index contributed by atoms with van der Waals surface area (Å²) in [5.74, 6) is 0.414. The molecule has 2 aromatic carbocycles. The maximum Gasteiger partial charge on any atom is 0.293 e. The molecular weight excluding hydrogens is 505 g/mol. The van der Waals surface area contributed by atoms with Gasteiger partial charge in [-0.15, -0.1) is 0 Å². The molecule has 8 heteroatoms. The van der Waals surface area contributed by atoms with E-state index >= 15 is 0 Å². The number of methoxy groups -OCH3 is 1. The van der Waals surface area contributed by atoms with Gasteiger partial charge in [-0.25, -0.2) is 0 Å². The SMILES string of the molecule is CCOc1cc(/C=C2/SC(=O)N(CC(=O)c3ccccc3)C2=O)cc(I)c1OC. The average Bonchev–Trinajstić information content (AvgIpc) is 2.96. The largest absolute Gasteiger partial charge is 0.492 e. The molecule has 6 nitrogen and oxygen atoms in total.